The highest BCUT2D eigenvalue weighted by molar-refractivity contribution is 7.92. The predicted octanol–water partition coefficient (Wildman–Crippen LogP) is 5.18. The smallest absolute Gasteiger partial charge is 0.393 e. The zero-order chi connectivity index (χ0) is 29.4. The van der Waals surface area contributed by atoms with Crippen molar-refractivity contribution in [1.82, 2.24) is 15.2 Å². The SMILES string of the molecule is CCC(=O)c1n[nH]c2cc(-c3cc(F)c(O)cc3CC(F)(F)F)nc(NCc3ccccc3N(C)S(C)(=O)=O)c12. The molecule has 0 saturated heterocycles. The Labute approximate surface area is 226 Å². The molecular weight excluding hydrogens is 554 g/mol. The van der Waals surface area contributed by atoms with Crippen LogP contribution in [0.1, 0.15) is 35.0 Å². The number of ketones is 1. The van der Waals surface area contributed by atoms with E-state index in [0.717, 1.165) is 16.6 Å². The lowest BCUT2D eigenvalue weighted by Crippen LogP contribution is -2.26. The van der Waals surface area contributed by atoms with Crippen LogP contribution in [0.15, 0.2) is 42.5 Å². The Morgan fingerprint density at radius 1 is 1.15 bits per heavy atom. The molecule has 40 heavy (non-hydrogen) atoms. The van der Waals surface area contributed by atoms with Gasteiger partial charge in [-0.2, -0.15) is 18.3 Å². The fourth-order valence-electron chi connectivity index (χ4n) is 4.21. The third-order valence-corrected chi connectivity index (χ3v) is 7.44. The van der Waals surface area contributed by atoms with E-state index in [-0.39, 0.29) is 52.4 Å². The second-order valence-corrected chi connectivity index (χ2v) is 11.1. The largest absolute Gasteiger partial charge is 0.505 e. The number of benzene rings is 2. The molecule has 9 nitrogen and oxygen atoms in total. The summed E-state index contributed by atoms with van der Waals surface area (Å²) in [5.41, 5.74) is 0.506. The number of hydrogen-bond acceptors (Lipinski definition) is 7. The first-order valence-corrected chi connectivity index (χ1v) is 13.8. The van der Waals surface area contributed by atoms with Crippen molar-refractivity contribution >= 4 is 38.2 Å². The zero-order valence-electron chi connectivity index (χ0n) is 21.6. The number of pyridine rings is 1. The van der Waals surface area contributed by atoms with E-state index in [9.17, 15) is 35.9 Å². The number of phenols is 1. The van der Waals surface area contributed by atoms with Crippen molar-refractivity contribution in [3.8, 4) is 17.0 Å². The molecule has 0 amide bonds. The van der Waals surface area contributed by atoms with Crippen LogP contribution in [0.25, 0.3) is 22.2 Å². The van der Waals surface area contributed by atoms with Crippen molar-refractivity contribution in [2.24, 2.45) is 0 Å². The number of carbonyl (C=O) groups excluding carboxylic acids is 1. The summed E-state index contributed by atoms with van der Waals surface area (Å²) < 4.78 is 79.7. The van der Waals surface area contributed by atoms with E-state index in [2.05, 4.69) is 20.5 Å². The number of anilines is 2. The maximum atomic E-state index is 14.3. The molecule has 0 aliphatic carbocycles. The molecule has 2 heterocycles. The molecule has 0 aliphatic heterocycles. The average molecular weight is 580 g/mol. The molecular formula is C26H25F4N5O4S. The minimum absolute atomic E-state index is 0.00582. The molecule has 0 fully saturated rings. The van der Waals surface area contributed by atoms with Crippen molar-refractivity contribution in [3.63, 3.8) is 0 Å². The molecule has 0 radical (unpaired) electrons. The fourth-order valence-corrected chi connectivity index (χ4v) is 4.75. The predicted molar refractivity (Wildman–Crippen MR) is 142 cm³/mol. The van der Waals surface area contributed by atoms with Gasteiger partial charge in [0.05, 0.1) is 35.0 Å². The van der Waals surface area contributed by atoms with Gasteiger partial charge in [-0.15, -0.1) is 0 Å². The van der Waals surface area contributed by atoms with Gasteiger partial charge in [-0.1, -0.05) is 25.1 Å². The number of hydrogen-bond donors (Lipinski definition) is 3. The van der Waals surface area contributed by atoms with Gasteiger partial charge in [-0.05, 0) is 35.4 Å². The third-order valence-electron chi connectivity index (χ3n) is 6.24. The number of nitrogens with one attached hydrogen (secondary N) is 2. The van der Waals surface area contributed by atoms with E-state index in [1.165, 1.54) is 13.1 Å². The van der Waals surface area contributed by atoms with Gasteiger partial charge in [0.15, 0.2) is 17.3 Å². The number of Topliss-reactive ketones (excluding diaryl/α,β-unsaturated/α-hetero) is 1. The van der Waals surface area contributed by atoms with Crippen LogP contribution in [0.3, 0.4) is 0 Å². The third kappa shape index (κ3) is 6.01. The molecule has 14 heteroatoms. The van der Waals surface area contributed by atoms with Crippen LogP contribution < -0.4 is 9.62 Å². The van der Waals surface area contributed by atoms with Gasteiger partial charge < -0.3 is 10.4 Å². The molecule has 212 valence electrons. The van der Waals surface area contributed by atoms with Crippen molar-refractivity contribution in [2.75, 3.05) is 22.9 Å². The highest BCUT2D eigenvalue weighted by Crippen LogP contribution is 2.36. The molecule has 0 bridgehead atoms. The Bertz CT molecular complexity index is 1700. The lowest BCUT2D eigenvalue weighted by Gasteiger charge is -2.21. The first-order valence-electron chi connectivity index (χ1n) is 12.0. The van der Waals surface area contributed by atoms with Crippen LogP contribution in [0.2, 0.25) is 0 Å². The number of aromatic hydroxyl groups is 1. The quantitative estimate of drug-likeness (QED) is 0.184. The molecule has 4 aromatic rings. The number of para-hydroxylation sites is 1. The van der Waals surface area contributed by atoms with Crippen LogP contribution in [-0.4, -0.2) is 54.0 Å². The number of rotatable bonds is 9. The van der Waals surface area contributed by atoms with Crippen molar-refractivity contribution in [1.29, 1.82) is 0 Å². The molecule has 3 N–H and O–H groups in total. The van der Waals surface area contributed by atoms with Gasteiger partial charge in [0.25, 0.3) is 0 Å². The molecule has 2 aromatic heterocycles. The maximum Gasteiger partial charge on any atom is 0.393 e. The van der Waals surface area contributed by atoms with E-state index in [4.69, 9.17) is 0 Å². The van der Waals surface area contributed by atoms with Crippen LogP contribution >= 0.6 is 0 Å². The summed E-state index contributed by atoms with van der Waals surface area (Å²) >= 11 is 0. The number of aromatic nitrogens is 3. The van der Waals surface area contributed by atoms with E-state index in [1.54, 1.807) is 31.2 Å². The summed E-state index contributed by atoms with van der Waals surface area (Å²) in [5, 5.41) is 19.8. The highest BCUT2D eigenvalue weighted by Gasteiger charge is 2.30. The Balaban J connectivity index is 1.87. The monoisotopic (exact) mass is 579 g/mol. The van der Waals surface area contributed by atoms with E-state index >= 15 is 0 Å². The average Bonchev–Trinajstić information content (AvgIpc) is 3.31. The van der Waals surface area contributed by atoms with Gasteiger partial charge in [0.2, 0.25) is 10.0 Å². The fraction of sp³-hybridized carbons (Fsp3) is 0.269. The summed E-state index contributed by atoms with van der Waals surface area (Å²) in [6.45, 7) is 1.64. The summed E-state index contributed by atoms with van der Waals surface area (Å²) in [5.74, 6) is -2.34. The molecule has 4 rings (SSSR count). The Hall–Kier alpha value is -4.20. The van der Waals surface area contributed by atoms with Gasteiger partial charge >= 0.3 is 6.18 Å². The van der Waals surface area contributed by atoms with Crippen LogP contribution in [0, 0.1) is 5.82 Å². The Morgan fingerprint density at radius 3 is 2.50 bits per heavy atom. The van der Waals surface area contributed by atoms with Crippen LogP contribution in [0.5, 0.6) is 5.75 Å². The molecule has 2 aromatic carbocycles. The van der Waals surface area contributed by atoms with Crippen LogP contribution in [0.4, 0.5) is 29.1 Å². The van der Waals surface area contributed by atoms with Crippen molar-refractivity contribution in [2.45, 2.75) is 32.5 Å². The minimum atomic E-state index is -4.66. The van der Waals surface area contributed by atoms with E-state index in [1.807, 2.05) is 0 Å². The molecule has 0 spiro atoms. The number of sulfonamides is 1. The molecule has 0 atom stereocenters. The van der Waals surface area contributed by atoms with Gasteiger partial charge in [-0.3, -0.25) is 14.2 Å². The van der Waals surface area contributed by atoms with Gasteiger partial charge in [-0.25, -0.2) is 17.8 Å². The number of nitrogens with zero attached hydrogens (tertiary/aromatic N) is 3. The van der Waals surface area contributed by atoms with Crippen molar-refractivity contribution in [3.05, 3.63) is 65.1 Å². The second kappa shape index (κ2) is 10.8. The number of alkyl halides is 3. The van der Waals surface area contributed by atoms with E-state index in [0.29, 0.717) is 17.3 Å². The summed E-state index contributed by atoms with van der Waals surface area (Å²) in [4.78, 5) is 17.1. The first kappa shape index (κ1) is 28.8. The second-order valence-electron chi connectivity index (χ2n) is 9.09. The van der Waals surface area contributed by atoms with Crippen molar-refractivity contribution < 1.29 is 35.9 Å². The van der Waals surface area contributed by atoms with Gasteiger partial charge in [0, 0.05) is 25.6 Å². The zero-order valence-corrected chi connectivity index (χ0v) is 22.4. The maximum absolute atomic E-state index is 14.3. The van der Waals surface area contributed by atoms with Crippen LogP contribution in [-0.2, 0) is 23.0 Å². The summed E-state index contributed by atoms with van der Waals surface area (Å²) in [7, 11) is -2.21. The summed E-state index contributed by atoms with van der Waals surface area (Å²) in [6.07, 6.45) is -4.95. The molecule has 0 unspecified atom stereocenters. The number of halogens is 4. The standard InChI is InChI=1S/C26H25F4N5O4S/c1-4-21(36)24-23-19(33-34-24)11-18(16-10-17(27)22(37)9-15(16)12-26(28,29)30)32-25(23)31-13-14-7-5-6-8-20(14)35(2)40(3,38)39/h5-11,37H,4,12-13H2,1-3H3,(H,31,32)(H,33,34). The minimum Gasteiger partial charge on any atom is -0.505 e. The molecule has 0 saturated carbocycles. The number of H-pyrrole nitrogens is 1. The highest BCUT2D eigenvalue weighted by atomic mass is 32.2. The molecule has 0 aliphatic rings. The number of fused-ring (bicyclic) bond motifs is 1. The lowest BCUT2D eigenvalue weighted by atomic mass is 9.99. The normalized spacial score (nSPS) is 12.1. The van der Waals surface area contributed by atoms with Gasteiger partial charge in [0.1, 0.15) is 11.5 Å². The summed E-state index contributed by atoms with van der Waals surface area (Å²) in [6, 6.07) is 9.44. The number of phenolic OH excluding ortho intramolecular Hbond substituents is 1. The number of aromatic amines is 1. The lowest BCUT2D eigenvalue weighted by molar-refractivity contribution is -0.127. The van der Waals surface area contributed by atoms with E-state index < -0.39 is 39.8 Å². The first-order chi connectivity index (χ1) is 18.7. The topological polar surface area (TPSA) is 128 Å². The number of carbonyl (C=O) groups is 1. The Morgan fingerprint density at radius 2 is 1.85 bits per heavy atom. The Kier molecular flexibility index (Phi) is 7.74.